The van der Waals surface area contributed by atoms with E-state index in [-0.39, 0.29) is 11.7 Å². The summed E-state index contributed by atoms with van der Waals surface area (Å²) in [6, 6.07) is 11.7. The molecule has 0 amide bonds. The third-order valence-electron chi connectivity index (χ3n) is 5.17. The summed E-state index contributed by atoms with van der Waals surface area (Å²) in [4.78, 5) is 25.2. The second-order valence-electron chi connectivity index (χ2n) is 7.83. The highest BCUT2D eigenvalue weighted by atomic mass is 16.5. The largest absolute Gasteiger partial charge is 0.494 e. The average Bonchev–Trinajstić information content (AvgIpc) is 2.77. The highest BCUT2D eigenvalue weighted by Gasteiger charge is 2.25. The van der Waals surface area contributed by atoms with Gasteiger partial charge in [-0.3, -0.25) is 4.79 Å². The van der Waals surface area contributed by atoms with E-state index >= 15 is 0 Å². The summed E-state index contributed by atoms with van der Waals surface area (Å²) in [5.41, 5.74) is 4.19. The summed E-state index contributed by atoms with van der Waals surface area (Å²) in [7, 11) is 2.70. The summed E-state index contributed by atoms with van der Waals surface area (Å²) in [6.45, 7) is 10.3. The molecule has 0 fully saturated rings. The van der Waals surface area contributed by atoms with E-state index in [4.69, 9.17) is 14.6 Å². The molecule has 1 unspecified atom stereocenters. The number of hydrogen-bond acceptors (Lipinski definition) is 5. The fourth-order valence-electron chi connectivity index (χ4n) is 3.86. The fourth-order valence-corrected chi connectivity index (χ4v) is 3.86. The SMILES string of the molecule is CCOc1ccc(-c2c(C(C=O)OC(C)C)n(C)c(=O)c3ccc(C)cc23)cc1C.CO. The number of carbonyl (C=O) groups excluding carboxylic acids is 1. The average molecular weight is 440 g/mol. The molecule has 6 heteroatoms. The summed E-state index contributed by atoms with van der Waals surface area (Å²) < 4.78 is 13.1. The van der Waals surface area contributed by atoms with Gasteiger partial charge in [0, 0.05) is 25.1 Å². The van der Waals surface area contributed by atoms with Crippen LogP contribution in [0.2, 0.25) is 0 Å². The molecule has 0 bridgehead atoms. The lowest BCUT2D eigenvalue weighted by Gasteiger charge is -2.24. The predicted molar refractivity (Wildman–Crippen MR) is 128 cm³/mol. The van der Waals surface area contributed by atoms with Gasteiger partial charge in [-0.15, -0.1) is 0 Å². The van der Waals surface area contributed by atoms with E-state index in [2.05, 4.69) is 0 Å². The monoisotopic (exact) mass is 439 g/mol. The minimum absolute atomic E-state index is 0.148. The number of ether oxygens (including phenoxy) is 2. The molecule has 0 saturated heterocycles. The van der Waals surface area contributed by atoms with Gasteiger partial charge in [-0.2, -0.15) is 0 Å². The standard InChI is InChI=1S/C25H29NO4.CH4O/c1-7-29-21-11-9-18(13-17(21)5)23-20-12-16(4)8-10-19(20)25(28)26(6)24(23)22(14-27)30-15(2)3;1-2/h8-15,22H,7H2,1-6H3;2H,1H3. The van der Waals surface area contributed by atoms with E-state index in [1.807, 2.05) is 71.0 Å². The smallest absolute Gasteiger partial charge is 0.258 e. The molecular formula is C26H33NO5. The third kappa shape index (κ3) is 5.09. The van der Waals surface area contributed by atoms with Crippen molar-refractivity contribution in [2.75, 3.05) is 13.7 Å². The van der Waals surface area contributed by atoms with Gasteiger partial charge in [0.25, 0.3) is 5.56 Å². The van der Waals surface area contributed by atoms with Crippen molar-refractivity contribution in [2.45, 2.75) is 46.8 Å². The van der Waals surface area contributed by atoms with Crippen molar-refractivity contribution in [3.63, 3.8) is 0 Å². The van der Waals surface area contributed by atoms with E-state index in [0.717, 1.165) is 46.8 Å². The van der Waals surface area contributed by atoms with Crippen LogP contribution in [0, 0.1) is 13.8 Å². The minimum atomic E-state index is -0.852. The molecule has 1 N–H and O–H groups in total. The van der Waals surface area contributed by atoms with Crippen molar-refractivity contribution in [1.29, 1.82) is 0 Å². The number of pyridine rings is 1. The lowest BCUT2D eigenvalue weighted by Crippen LogP contribution is -2.26. The second-order valence-corrected chi connectivity index (χ2v) is 7.83. The Balaban J connectivity index is 0.00000176. The molecule has 0 aliphatic heterocycles. The van der Waals surface area contributed by atoms with Crippen molar-refractivity contribution < 1.29 is 19.4 Å². The van der Waals surface area contributed by atoms with Crippen molar-refractivity contribution in [3.8, 4) is 16.9 Å². The zero-order chi connectivity index (χ0) is 24.0. The van der Waals surface area contributed by atoms with Gasteiger partial charge in [0.15, 0.2) is 12.4 Å². The van der Waals surface area contributed by atoms with Gasteiger partial charge >= 0.3 is 0 Å². The Hall–Kier alpha value is -2.96. The summed E-state index contributed by atoms with van der Waals surface area (Å²) in [5.74, 6) is 0.818. The van der Waals surface area contributed by atoms with Crippen LogP contribution in [0.5, 0.6) is 5.75 Å². The number of aldehydes is 1. The van der Waals surface area contributed by atoms with Crippen molar-refractivity contribution in [1.82, 2.24) is 4.57 Å². The first-order valence-electron chi connectivity index (χ1n) is 10.7. The van der Waals surface area contributed by atoms with Gasteiger partial charge in [-0.25, -0.2) is 0 Å². The Labute approximate surface area is 189 Å². The van der Waals surface area contributed by atoms with Crippen LogP contribution in [0.4, 0.5) is 0 Å². The fraction of sp³-hybridized carbons (Fsp3) is 0.385. The molecule has 1 heterocycles. The number of aromatic nitrogens is 1. The third-order valence-corrected chi connectivity index (χ3v) is 5.17. The number of benzene rings is 2. The molecule has 0 aliphatic carbocycles. The van der Waals surface area contributed by atoms with Crippen LogP contribution < -0.4 is 10.3 Å². The van der Waals surface area contributed by atoms with E-state index in [1.165, 1.54) is 0 Å². The molecule has 172 valence electrons. The Kier molecular flexibility index (Phi) is 8.75. The van der Waals surface area contributed by atoms with Gasteiger partial charge in [0.2, 0.25) is 0 Å². The molecule has 6 nitrogen and oxygen atoms in total. The maximum Gasteiger partial charge on any atom is 0.258 e. The Morgan fingerprint density at radius 1 is 1.06 bits per heavy atom. The Bertz CT molecular complexity index is 1150. The second kappa shape index (κ2) is 11.1. The number of rotatable bonds is 7. The number of aliphatic hydroxyl groups is 1. The quantitative estimate of drug-likeness (QED) is 0.549. The highest BCUT2D eigenvalue weighted by molar-refractivity contribution is 5.98. The lowest BCUT2D eigenvalue weighted by atomic mass is 9.92. The van der Waals surface area contributed by atoms with Crippen LogP contribution in [-0.2, 0) is 16.6 Å². The van der Waals surface area contributed by atoms with Crippen LogP contribution in [0.15, 0.2) is 41.2 Å². The normalized spacial score (nSPS) is 11.8. The van der Waals surface area contributed by atoms with Crippen molar-refractivity contribution in [2.24, 2.45) is 7.05 Å². The summed E-state index contributed by atoms with van der Waals surface area (Å²) in [6.07, 6.45) is -0.255. The first kappa shape index (κ1) is 25.3. The predicted octanol–water partition coefficient (Wildman–Crippen LogP) is 4.49. The Morgan fingerprint density at radius 3 is 2.31 bits per heavy atom. The molecule has 3 rings (SSSR count). The number of carbonyl (C=O) groups is 1. The van der Waals surface area contributed by atoms with Gasteiger partial charge in [0.1, 0.15) is 5.75 Å². The highest BCUT2D eigenvalue weighted by Crippen LogP contribution is 2.37. The topological polar surface area (TPSA) is 77.8 Å². The number of fused-ring (bicyclic) bond motifs is 1. The summed E-state index contributed by atoms with van der Waals surface area (Å²) >= 11 is 0. The number of aryl methyl sites for hydroxylation is 2. The van der Waals surface area contributed by atoms with E-state index in [9.17, 15) is 9.59 Å². The maximum atomic E-state index is 13.1. The number of hydrogen-bond donors (Lipinski definition) is 1. The number of aliphatic hydroxyl groups excluding tert-OH is 1. The summed E-state index contributed by atoms with van der Waals surface area (Å²) in [5, 5.41) is 8.43. The van der Waals surface area contributed by atoms with Crippen LogP contribution in [-0.4, -0.2) is 35.8 Å². The van der Waals surface area contributed by atoms with Crippen LogP contribution in [0.1, 0.15) is 43.7 Å². The van der Waals surface area contributed by atoms with Crippen molar-refractivity contribution >= 4 is 17.1 Å². The van der Waals surface area contributed by atoms with Crippen LogP contribution >= 0.6 is 0 Å². The molecule has 0 aliphatic rings. The minimum Gasteiger partial charge on any atom is -0.494 e. The maximum absolute atomic E-state index is 13.1. The van der Waals surface area contributed by atoms with Gasteiger partial charge in [0.05, 0.1) is 18.4 Å². The van der Waals surface area contributed by atoms with E-state index in [1.54, 1.807) is 11.6 Å². The molecule has 1 aromatic heterocycles. The first-order chi connectivity index (χ1) is 15.3. The number of nitrogens with zero attached hydrogens (tertiary/aromatic N) is 1. The molecule has 0 radical (unpaired) electrons. The van der Waals surface area contributed by atoms with Crippen LogP contribution in [0.25, 0.3) is 21.9 Å². The molecule has 1 atom stereocenters. The zero-order valence-corrected chi connectivity index (χ0v) is 19.9. The lowest BCUT2D eigenvalue weighted by molar-refractivity contribution is -0.121. The van der Waals surface area contributed by atoms with Gasteiger partial charge in [-0.05, 0) is 69.3 Å². The molecule has 2 aromatic carbocycles. The first-order valence-corrected chi connectivity index (χ1v) is 10.7. The van der Waals surface area contributed by atoms with Crippen LogP contribution in [0.3, 0.4) is 0 Å². The molecule has 3 aromatic rings. The van der Waals surface area contributed by atoms with Gasteiger partial charge < -0.3 is 23.9 Å². The zero-order valence-electron chi connectivity index (χ0n) is 19.9. The Morgan fingerprint density at radius 2 is 1.75 bits per heavy atom. The van der Waals surface area contributed by atoms with Crippen molar-refractivity contribution in [3.05, 3.63) is 63.6 Å². The molecule has 32 heavy (non-hydrogen) atoms. The van der Waals surface area contributed by atoms with E-state index < -0.39 is 6.10 Å². The molecule has 0 spiro atoms. The van der Waals surface area contributed by atoms with E-state index in [0.29, 0.717) is 17.7 Å². The molecule has 0 saturated carbocycles. The van der Waals surface area contributed by atoms with Gasteiger partial charge in [-0.1, -0.05) is 23.8 Å². The molecular weight excluding hydrogens is 406 g/mol.